The molecule has 0 atom stereocenters. The molecule has 0 aliphatic heterocycles. The molecule has 1 N–H and O–H groups in total. The lowest BCUT2D eigenvalue weighted by molar-refractivity contribution is -0.137. The topological polar surface area (TPSA) is 54.4 Å². The highest BCUT2D eigenvalue weighted by atomic mass is 127. The van der Waals surface area contributed by atoms with Crippen LogP contribution in [0.25, 0.3) is 0 Å². The van der Waals surface area contributed by atoms with E-state index in [0.717, 1.165) is 3.57 Å². The molecule has 0 saturated heterocycles. The van der Waals surface area contributed by atoms with E-state index in [1.54, 1.807) is 12.1 Å². The summed E-state index contributed by atoms with van der Waals surface area (Å²) in [5.74, 6) is -0.849. The van der Waals surface area contributed by atoms with Gasteiger partial charge in [-0.2, -0.15) is 0 Å². The molecular formula is C11H11IO3. The number of carbonyl (C=O) groups is 2. The molecule has 0 heterocycles. The molecule has 0 bridgehead atoms. The quantitative estimate of drug-likeness (QED) is 0.671. The largest absolute Gasteiger partial charge is 0.481 e. The number of hydrogen-bond acceptors (Lipinski definition) is 2. The van der Waals surface area contributed by atoms with Crippen molar-refractivity contribution in [1.82, 2.24) is 0 Å². The number of carbonyl (C=O) groups excluding carboxylic acids is 1. The Morgan fingerprint density at radius 1 is 1.13 bits per heavy atom. The minimum Gasteiger partial charge on any atom is -0.481 e. The van der Waals surface area contributed by atoms with Crippen LogP contribution in [0.15, 0.2) is 24.3 Å². The van der Waals surface area contributed by atoms with Crippen molar-refractivity contribution >= 4 is 34.3 Å². The summed E-state index contributed by atoms with van der Waals surface area (Å²) in [5.41, 5.74) is 0.654. The van der Waals surface area contributed by atoms with Gasteiger partial charge in [0.1, 0.15) is 0 Å². The van der Waals surface area contributed by atoms with Crippen LogP contribution in [0.5, 0.6) is 0 Å². The van der Waals surface area contributed by atoms with Crippen molar-refractivity contribution in [3.8, 4) is 0 Å². The van der Waals surface area contributed by atoms with Gasteiger partial charge in [0.2, 0.25) is 0 Å². The van der Waals surface area contributed by atoms with E-state index in [1.807, 2.05) is 12.1 Å². The number of Topliss-reactive ketones (excluding diaryl/α,β-unsaturated/α-hetero) is 1. The Morgan fingerprint density at radius 2 is 1.73 bits per heavy atom. The van der Waals surface area contributed by atoms with Crippen molar-refractivity contribution in [1.29, 1.82) is 0 Å². The molecule has 0 aliphatic rings. The zero-order valence-corrected chi connectivity index (χ0v) is 10.2. The highest BCUT2D eigenvalue weighted by molar-refractivity contribution is 14.1. The standard InChI is InChI=1S/C11H11IO3/c12-9-6-4-8(5-7-9)10(13)2-1-3-11(14)15/h4-7H,1-3H2,(H,14,15). The first-order valence-corrected chi connectivity index (χ1v) is 5.68. The average Bonchev–Trinajstić information content (AvgIpc) is 2.18. The van der Waals surface area contributed by atoms with E-state index in [-0.39, 0.29) is 12.2 Å². The van der Waals surface area contributed by atoms with E-state index < -0.39 is 5.97 Å². The summed E-state index contributed by atoms with van der Waals surface area (Å²) >= 11 is 2.17. The van der Waals surface area contributed by atoms with Crippen molar-refractivity contribution < 1.29 is 14.7 Å². The van der Waals surface area contributed by atoms with Gasteiger partial charge < -0.3 is 5.11 Å². The van der Waals surface area contributed by atoms with Crippen LogP contribution < -0.4 is 0 Å². The molecule has 80 valence electrons. The predicted octanol–water partition coefficient (Wildman–Crippen LogP) is 2.73. The third-order valence-corrected chi connectivity index (χ3v) is 2.68. The molecule has 15 heavy (non-hydrogen) atoms. The molecule has 4 heteroatoms. The second-order valence-electron chi connectivity index (χ2n) is 3.18. The first-order chi connectivity index (χ1) is 7.09. The Labute approximate surface area is 102 Å². The van der Waals surface area contributed by atoms with Crippen LogP contribution >= 0.6 is 22.6 Å². The second-order valence-corrected chi connectivity index (χ2v) is 4.42. The van der Waals surface area contributed by atoms with Crippen LogP contribution in [0, 0.1) is 3.57 Å². The normalized spacial score (nSPS) is 9.93. The van der Waals surface area contributed by atoms with E-state index >= 15 is 0 Å². The van der Waals surface area contributed by atoms with Crippen molar-refractivity contribution in [2.45, 2.75) is 19.3 Å². The molecule has 0 aliphatic carbocycles. The van der Waals surface area contributed by atoms with E-state index in [9.17, 15) is 9.59 Å². The van der Waals surface area contributed by atoms with Gasteiger partial charge in [0.05, 0.1) is 0 Å². The maximum atomic E-state index is 11.5. The van der Waals surface area contributed by atoms with Crippen LogP contribution in [0.1, 0.15) is 29.6 Å². The van der Waals surface area contributed by atoms with Crippen molar-refractivity contribution in [3.63, 3.8) is 0 Å². The smallest absolute Gasteiger partial charge is 0.303 e. The molecule has 0 saturated carbocycles. The molecule has 1 aromatic rings. The zero-order valence-electron chi connectivity index (χ0n) is 8.07. The fourth-order valence-electron chi connectivity index (χ4n) is 1.18. The summed E-state index contributed by atoms with van der Waals surface area (Å²) in [6, 6.07) is 7.27. The van der Waals surface area contributed by atoms with Gasteiger partial charge in [-0.15, -0.1) is 0 Å². The molecule has 0 spiro atoms. The van der Waals surface area contributed by atoms with Gasteiger partial charge in [0.15, 0.2) is 5.78 Å². The van der Waals surface area contributed by atoms with Crippen LogP contribution in [0.3, 0.4) is 0 Å². The van der Waals surface area contributed by atoms with Gasteiger partial charge in [-0.05, 0) is 41.1 Å². The summed E-state index contributed by atoms with van der Waals surface area (Å²) in [6.07, 6.45) is 0.753. The van der Waals surface area contributed by atoms with Gasteiger partial charge >= 0.3 is 5.97 Å². The summed E-state index contributed by atoms with van der Waals surface area (Å²) < 4.78 is 1.08. The van der Waals surface area contributed by atoms with Crippen LogP contribution in [-0.4, -0.2) is 16.9 Å². The molecule has 1 rings (SSSR count). The number of aliphatic carboxylic acids is 1. The Balaban J connectivity index is 2.47. The fraction of sp³-hybridized carbons (Fsp3) is 0.273. The lowest BCUT2D eigenvalue weighted by atomic mass is 10.1. The molecule has 3 nitrogen and oxygen atoms in total. The van der Waals surface area contributed by atoms with Crippen LogP contribution in [0.2, 0.25) is 0 Å². The molecule has 0 radical (unpaired) electrons. The van der Waals surface area contributed by atoms with Crippen LogP contribution in [0.4, 0.5) is 0 Å². The molecule has 0 unspecified atom stereocenters. The Bertz CT molecular complexity index is 357. The lowest BCUT2D eigenvalue weighted by Crippen LogP contribution is -2.01. The minimum absolute atomic E-state index is 0.00708. The number of halogens is 1. The van der Waals surface area contributed by atoms with E-state index in [4.69, 9.17) is 5.11 Å². The fourth-order valence-corrected chi connectivity index (χ4v) is 1.54. The first-order valence-electron chi connectivity index (χ1n) is 4.60. The number of carboxylic acid groups (broad SMARTS) is 1. The Morgan fingerprint density at radius 3 is 2.27 bits per heavy atom. The Hall–Kier alpha value is -0.910. The molecule has 0 fully saturated rings. The molecular weight excluding hydrogens is 307 g/mol. The molecule has 1 aromatic carbocycles. The van der Waals surface area contributed by atoms with Gasteiger partial charge in [-0.1, -0.05) is 12.1 Å². The average molecular weight is 318 g/mol. The predicted molar refractivity (Wildman–Crippen MR) is 65.0 cm³/mol. The number of carboxylic acids is 1. The van der Waals surface area contributed by atoms with Gasteiger partial charge in [0, 0.05) is 22.0 Å². The minimum atomic E-state index is -0.856. The summed E-state index contributed by atoms with van der Waals surface area (Å²) in [7, 11) is 0. The zero-order chi connectivity index (χ0) is 11.3. The Kier molecular flexibility index (Phi) is 4.74. The second kappa shape index (κ2) is 5.85. The maximum absolute atomic E-state index is 11.5. The van der Waals surface area contributed by atoms with Crippen LogP contribution in [-0.2, 0) is 4.79 Å². The van der Waals surface area contributed by atoms with Gasteiger partial charge in [-0.25, -0.2) is 0 Å². The highest BCUT2D eigenvalue weighted by Gasteiger charge is 2.06. The number of ketones is 1. The molecule has 0 amide bonds. The number of benzene rings is 1. The maximum Gasteiger partial charge on any atom is 0.303 e. The lowest BCUT2D eigenvalue weighted by Gasteiger charge is -1.99. The summed E-state index contributed by atoms with van der Waals surface area (Å²) in [6.45, 7) is 0. The monoisotopic (exact) mass is 318 g/mol. The van der Waals surface area contributed by atoms with Crippen molar-refractivity contribution in [2.75, 3.05) is 0 Å². The number of rotatable bonds is 5. The van der Waals surface area contributed by atoms with Crippen molar-refractivity contribution in [3.05, 3.63) is 33.4 Å². The molecule has 0 aromatic heterocycles. The van der Waals surface area contributed by atoms with E-state index in [2.05, 4.69) is 22.6 Å². The highest BCUT2D eigenvalue weighted by Crippen LogP contribution is 2.10. The SMILES string of the molecule is O=C(O)CCCC(=O)c1ccc(I)cc1. The van der Waals surface area contributed by atoms with E-state index in [0.29, 0.717) is 18.4 Å². The third kappa shape index (κ3) is 4.42. The first kappa shape index (κ1) is 12.2. The van der Waals surface area contributed by atoms with E-state index in [1.165, 1.54) is 0 Å². The summed E-state index contributed by atoms with van der Waals surface area (Å²) in [4.78, 5) is 21.8. The summed E-state index contributed by atoms with van der Waals surface area (Å²) in [5, 5.41) is 8.42. The van der Waals surface area contributed by atoms with Crippen molar-refractivity contribution in [2.24, 2.45) is 0 Å². The third-order valence-electron chi connectivity index (χ3n) is 1.96. The van der Waals surface area contributed by atoms with Gasteiger partial charge in [-0.3, -0.25) is 9.59 Å². The van der Waals surface area contributed by atoms with Gasteiger partial charge in [0.25, 0.3) is 0 Å². The number of hydrogen-bond donors (Lipinski definition) is 1.